The van der Waals surface area contributed by atoms with Gasteiger partial charge in [0, 0.05) is 10.8 Å². The van der Waals surface area contributed by atoms with E-state index in [1.54, 1.807) is 7.11 Å². The number of aromatic amines is 1. The Morgan fingerprint density at radius 2 is 1.85 bits per heavy atom. The first-order chi connectivity index (χ1) is 12.6. The van der Waals surface area contributed by atoms with Crippen LogP contribution in [0.1, 0.15) is 19.7 Å². The molecule has 4 nitrogen and oxygen atoms in total. The van der Waals surface area contributed by atoms with Crippen molar-refractivity contribution in [3.8, 4) is 11.4 Å². The van der Waals surface area contributed by atoms with Crippen molar-refractivity contribution in [3.63, 3.8) is 0 Å². The van der Waals surface area contributed by atoms with Crippen LogP contribution in [0.4, 0.5) is 0 Å². The van der Waals surface area contributed by atoms with Crippen LogP contribution >= 0.6 is 12.2 Å². The van der Waals surface area contributed by atoms with E-state index >= 15 is 0 Å². The number of fused-ring (bicyclic) bond motifs is 1. The number of nitrogens with zero attached hydrogens (tertiary/aromatic N) is 2. The zero-order chi connectivity index (χ0) is 18.5. The first-order valence-corrected chi connectivity index (χ1v) is 8.74. The fraction of sp³-hybridized carbons (Fsp3) is 0.143. The zero-order valence-electron chi connectivity index (χ0n) is 15.1. The molecule has 2 aromatic carbocycles. The molecule has 3 rings (SSSR count). The summed E-state index contributed by atoms with van der Waals surface area (Å²) >= 11 is 5.47. The molecule has 0 spiro atoms. The third kappa shape index (κ3) is 3.68. The second kappa shape index (κ2) is 7.97. The molecule has 0 atom stereocenters. The Morgan fingerprint density at radius 1 is 1.08 bits per heavy atom. The zero-order valence-corrected chi connectivity index (χ0v) is 15.9. The van der Waals surface area contributed by atoms with Crippen molar-refractivity contribution < 1.29 is 4.74 Å². The third-order valence-electron chi connectivity index (χ3n) is 3.92. The summed E-state index contributed by atoms with van der Waals surface area (Å²) in [7, 11) is 1.68. The molecule has 0 saturated carbocycles. The standard InChI is InChI=1S/C21H21N3OS/c1-15(2)9-5-4-6-14-20-22-23-21(26)24(20)18-12-7-11-17-16(18)10-8-13-19(17)25-3/h4-14H,1-3H3,(H,23,26)/b5-4-,14-6+. The van der Waals surface area contributed by atoms with Crippen LogP contribution < -0.4 is 4.74 Å². The maximum absolute atomic E-state index is 5.48. The van der Waals surface area contributed by atoms with E-state index in [2.05, 4.69) is 36.2 Å². The molecule has 1 aromatic heterocycles. The number of rotatable bonds is 5. The molecule has 0 amide bonds. The van der Waals surface area contributed by atoms with Crippen LogP contribution in [0.5, 0.6) is 5.75 Å². The van der Waals surface area contributed by atoms with E-state index in [0.29, 0.717) is 4.77 Å². The van der Waals surface area contributed by atoms with Crippen molar-refractivity contribution in [2.24, 2.45) is 0 Å². The number of H-pyrrole nitrogens is 1. The Hall–Kier alpha value is -2.92. The summed E-state index contributed by atoms with van der Waals surface area (Å²) in [6.45, 7) is 4.13. The fourth-order valence-corrected chi connectivity index (χ4v) is 2.98. The molecule has 0 unspecified atom stereocenters. The summed E-state index contributed by atoms with van der Waals surface area (Å²) in [6, 6.07) is 12.1. The fourth-order valence-electron chi connectivity index (χ4n) is 2.75. The van der Waals surface area contributed by atoms with Crippen molar-refractivity contribution in [2.45, 2.75) is 13.8 Å². The predicted molar refractivity (Wildman–Crippen MR) is 110 cm³/mol. The molecular weight excluding hydrogens is 342 g/mol. The van der Waals surface area contributed by atoms with E-state index in [1.807, 2.05) is 59.2 Å². The number of nitrogens with one attached hydrogen (secondary N) is 1. The van der Waals surface area contributed by atoms with E-state index in [1.165, 1.54) is 5.57 Å². The number of ether oxygens (including phenoxy) is 1. The Kier molecular flexibility index (Phi) is 5.49. The summed E-state index contributed by atoms with van der Waals surface area (Å²) < 4.78 is 7.97. The molecule has 0 bridgehead atoms. The van der Waals surface area contributed by atoms with E-state index in [-0.39, 0.29) is 0 Å². The maximum atomic E-state index is 5.48. The summed E-state index contributed by atoms with van der Waals surface area (Å²) in [5, 5.41) is 9.33. The van der Waals surface area contributed by atoms with Crippen LogP contribution in [-0.2, 0) is 0 Å². The Labute approximate surface area is 158 Å². The Bertz CT molecular complexity index is 1070. The first kappa shape index (κ1) is 17.9. The lowest BCUT2D eigenvalue weighted by Gasteiger charge is -2.11. The average Bonchev–Trinajstić information content (AvgIpc) is 3.00. The molecule has 132 valence electrons. The molecule has 26 heavy (non-hydrogen) atoms. The van der Waals surface area contributed by atoms with Gasteiger partial charge in [0.25, 0.3) is 0 Å². The lowest BCUT2D eigenvalue weighted by molar-refractivity contribution is 0.420. The van der Waals surface area contributed by atoms with Gasteiger partial charge in [0.15, 0.2) is 10.6 Å². The normalized spacial score (nSPS) is 11.5. The van der Waals surface area contributed by atoms with Crippen LogP contribution in [0.15, 0.2) is 66.3 Å². The van der Waals surface area contributed by atoms with Crippen molar-refractivity contribution in [1.82, 2.24) is 14.8 Å². The minimum absolute atomic E-state index is 0.549. The Balaban J connectivity index is 2.09. The molecule has 0 aliphatic rings. The van der Waals surface area contributed by atoms with Crippen LogP contribution in [0.2, 0.25) is 0 Å². The highest BCUT2D eigenvalue weighted by molar-refractivity contribution is 7.71. The van der Waals surface area contributed by atoms with Gasteiger partial charge in [0.1, 0.15) is 5.75 Å². The van der Waals surface area contributed by atoms with Crippen LogP contribution in [0.3, 0.4) is 0 Å². The van der Waals surface area contributed by atoms with Crippen molar-refractivity contribution in [2.75, 3.05) is 7.11 Å². The molecule has 5 heteroatoms. The van der Waals surface area contributed by atoms with E-state index in [9.17, 15) is 0 Å². The first-order valence-electron chi connectivity index (χ1n) is 8.33. The highest BCUT2D eigenvalue weighted by Crippen LogP contribution is 2.30. The number of allylic oxidation sites excluding steroid dienone is 5. The van der Waals surface area contributed by atoms with Gasteiger partial charge in [-0.1, -0.05) is 54.1 Å². The van der Waals surface area contributed by atoms with Gasteiger partial charge in [-0.15, -0.1) is 0 Å². The summed E-state index contributed by atoms with van der Waals surface area (Å²) in [6.07, 6.45) is 9.91. The quantitative estimate of drug-likeness (QED) is 0.472. The topological polar surface area (TPSA) is 42.8 Å². The van der Waals surface area contributed by atoms with Gasteiger partial charge in [-0.25, -0.2) is 0 Å². The highest BCUT2D eigenvalue weighted by atomic mass is 32.1. The molecule has 1 N–H and O–H groups in total. The van der Waals surface area contributed by atoms with Crippen LogP contribution in [0.25, 0.3) is 22.5 Å². The molecular formula is C21H21N3OS. The average molecular weight is 363 g/mol. The summed E-state index contributed by atoms with van der Waals surface area (Å²) in [4.78, 5) is 0. The maximum Gasteiger partial charge on any atom is 0.200 e. The van der Waals surface area contributed by atoms with Gasteiger partial charge in [-0.2, -0.15) is 5.10 Å². The van der Waals surface area contributed by atoms with E-state index < -0.39 is 0 Å². The minimum Gasteiger partial charge on any atom is -0.496 e. The molecule has 3 aromatic rings. The third-order valence-corrected chi connectivity index (χ3v) is 4.19. The van der Waals surface area contributed by atoms with Crippen molar-refractivity contribution in [3.05, 3.63) is 76.9 Å². The van der Waals surface area contributed by atoms with E-state index in [4.69, 9.17) is 17.0 Å². The number of hydrogen-bond donors (Lipinski definition) is 1. The van der Waals surface area contributed by atoms with Gasteiger partial charge in [0.2, 0.25) is 0 Å². The Morgan fingerprint density at radius 3 is 2.62 bits per heavy atom. The van der Waals surface area contributed by atoms with Gasteiger partial charge in [0.05, 0.1) is 12.8 Å². The lowest BCUT2D eigenvalue weighted by Crippen LogP contribution is -1.99. The SMILES string of the molecule is COc1cccc2c(-n3c(/C=C/C=C\C=C(C)C)n[nH]c3=S)cccc12. The second-order valence-corrected chi connectivity index (χ2v) is 6.43. The van der Waals surface area contributed by atoms with Gasteiger partial charge in [-0.3, -0.25) is 9.67 Å². The van der Waals surface area contributed by atoms with E-state index in [0.717, 1.165) is 28.0 Å². The summed E-state index contributed by atoms with van der Waals surface area (Å²) in [5.41, 5.74) is 2.22. The van der Waals surface area contributed by atoms with Crippen LogP contribution in [-0.4, -0.2) is 21.9 Å². The highest BCUT2D eigenvalue weighted by Gasteiger charge is 2.11. The minimum atomic E-state index is 0.549. The monoisotopic (exact) mass is 363 g/mol. The number of benzene rings is 2. The summed E-state index contributed by atoms with van der Waals surface area (Å²) in [5.74, 6) is 1.58. The van der Waals surface area contributed by atoms with Crippen molar-refractivity contribution >= 4 is 29.1 Å². The van der Waals surface area contributed by atoms with Crippen molar-refractivity contribution in [1.29, 1.82) is 0 Å². The molecule has 0 fully saturated rings. The largest absolute Gasteiger partial charge is 0.496 e. The van der Waals surface area contributed by atoms with Crippen LogP contribution in [0, 0.1) is 4.77 Å². The van der Waals surface area contributed by atoms with Gasteiger partial charge < -0.3 is 4.74 Å². The second-order valence-electron chi connectivity index (χ2n) is 6.04. The number of hydrogen-bond acceptors (Lipinski definition) is 3. The molecule has 1 heterocycles. The molecule has 0 saturated heterocycles. The molecule has 0 radical (unpaired) electrons. The van der Waals surface area contributed by atoms with Gasteiger partial charge >= 0.3 is 0 Å². The lowest BCUT2D eigenvalue weighted by atomic mass is 10.1. The smallest absolute Gasteiger partial charge is 0.200 e. The van der Waals surface area contributed by atoms with Gasteiger partial charge in [-0.05, 0) is 44.3 Å². The predicted octanol–water partition coefficient (Wildman–Crippen LogP) is 5.63. The molecule has 0 aliphatic heterocycles. The molecule has 0 aliphatic carbocycles. The number of methoxy groups -OCH3 is 1. The number of aromatic nitrogens is 3.